The lowest BCUT2D eigenvalue weighted by molar-refractivity contribution is -0.137. The number of carboxylic acid groups (broad SMARTS) is 1. The highest BCUT2D eigenvalue weighted by atomic mass is 16.5. The largest absolute Gasteiger partial charge is 0.493 e. The minimum Gasteiger partial charge on any atom is -0.493 e. The van der Waals surface area contributed by atoms with E-state index < -0.39 is 5.97 Å². The monoisotopic (exact) mass is 758 g/mol. The number of nitrogens with zero attached hydrogens (tertiary/aromatic N) is 2. The number of H-pyrrole nitrogens is 2. The Morgan fingerprint density at radius 2 is 0.897 bits per heavy atom. The summed E-state index contributed by atoms with van der Waals surface area (Å²) < 4.78 is 6.32. The SMILES string of the molecule is Cc1ccc(-c2c3nc(c(-c4ccc(C)cc4)c4ccc([nH]4)c(-c4ccccc4OCCCC(=O)O)c4nc(c(-c5ccc(C)cc5)c5ccc2[nH]5)C=C4)C=C3)cc1. The third-order valence-corrected chi connectivity index (χ3v) is 10.7. The van der Waals surface area contributed by atoms with Gasteiger partial charge in [-0.05, 0) is 98.5 Å². The van der Waals surface area contributed by atoms with E-state index in [1.807, 2.05) is 24.3 Å². The first-order valence-electron chi connectivity index (χ1n) is 19.6. The molecule has 0 aliphatic carbocycles. The molecule has 0 amide bonds. The summed E-state index contributed by atoms with van der Waals surface area (Å²) in [4.78, 5) is 29.8. The number of para-hydroxylation sites is 1. The summed E-state index contributed by atoms with van der Waals surface area (Å²) in [5.41, 5.74) is 18.3. The van der Waals surface area contributed by atoms with Crippen molar-refractivity contribution in [2.24, 2.45) is 0 Å². The first-order chi connectivity index (χ1) is 28.3. The Balaban J connectivity index is 1.41. The van der Waals surface area contributed by atoms with Crippen LogP contribution in [0.5, 0.6) is 5.75 Å². The molecule has 3 aromatic heterocycles. The van der Waals surface area contributed by atoms with Gasteiger partial charge >= 0.3 is 5.97 Å². The van der Waals surface area contributed by atoms with Crippen LogP contribution in [-0.2, 0) is 4.79 Å². The first kappa shape index (κ1) is 36.4. The minimum atomic E-state index is -0.845. The quantitative estimate of drug-likeness (QED) is 0.127. The molecule has 58 heavy (non-hydrogen) atoms. The topological polar surface area (TPSA) is 104 Å². The molecule has 7 nitrogen and oxygen atoms in total. The Bertz CT molecular complexity index is 2890. The van der Waals surface area contributed by atoms with Gasteiger partial charge in [0.1, 0.15) is 5.75 Å². The van der Waals surface area contributed by atoms with E-state index in [1.54, 1.807) is 0 Å². The molecule has 0 saturated heterocycles. The Labute approximate surface area is 337 Å². The van der Waals surface area contributed by atoms with Crippen LogP contribution in [0.4, 0.5) is 0 Å². The molecule has 2 aliphatic rings. The average Bonchev–Trinajstić information content (AvgIpc) is 4.07. The molecule has 3 N–H and O–H groups in total. The van der Waals surface area contributed by atoms with Crippen molar-refractivity contribution in [3.05, 3.63) is 161 Å². The summed E-state index contributed by atoms with van der Waals surface area (Å²) in [5.74, 6) is -0.193. The molecule has 0 unspecified atom stereocenters. The maximum absolute atomic E-state index is 11.3. The zero-order chi connectivity index (χ0) is 39.8. The smallest absolute Gasteiger partial charge is 0.303 e. The number of carbonyl (C=O) groups is 1. The zero-order valence-electron chi connectivity index (χ0n) is 32.6. The molecule has 9 rings (SSSR count). The van der Waals surface area contributed by atoms with Crippen LogP contribution in [0.15, 0.2) is 121 Å². The van der Waals surface area contributed by atoms with Gasteiger partial charge in [0.15, 0.2) is 0 Å². The van der Waals surface area contributed by atoms with E-state index >= 15 is 0 Å². The lowest BCUT2D eigenvalue weighted by Crippen LogP contribution is -2.03. The van der Waals surface area contributed by atoms with Crippen LogP contribution in [-0.4, -0.2) is 37.6 Å². The Morgan fingerprint density at radius 3 is 1.31 bits per heavy atom. The molecule has 8 bridgehead atoms. The van der Waals surface area contributed by atoms with Crippen molar-refractivity contribution in [2.45, 2.75) is 33.6 Å². The van der Waals surface area contributed by atoms with Gasteiger partial charge in [-0.1, -0.05) is 108 Å². The van der Waals surface area contributed by atoms with Gasteiger partial charge in [0.05, 0.1) is 29.4 Å². The Morgan fingerprint density at radius 1 is 0.517 bits per heavy atom. The number of fused-ring (bicyclic) bond motifs is 8. The van der Waals surface area contributed by atoms with E-state index in [0.717, 1.165) is 89.4 Å². The number of aromatic amines is 2. The fraction of sp³-hybridized carbons (Fsp3) is 0.118. The van der Waals surface area contributed by atoms with Crippen molar-refractivity contribution in [1.82, 2.24) is 19.9 Å². The van der Waals surface area contributed by atoms with E-state index in [2.05, 4.69) is 152 Å². The number of hydrogen-bond acceptors (Lipinski definition) is 4. The van der Waals surface area contributed by atoms with Crippen molar-refractivity contribution in [3.63, 3.8) is 0 Å². The van der Waals surface area contributed by atoms with Gasteiger partial charge in [-0.15, -0.1) is 0 Å². The second-order valence-corrected chi connectivity index (χ2v) is 14.9. The molecule has 4 aromatic carbocycles. The van der Waals surface area contributed by atoms with Crippen LogP contribution in [0, 0.1) is 20.8 Å². The van der Waals surface area contributed by atoms with Crippen LogP contribution >= 0.6 is 0 Å². The second kappa shape index (κ2) is 15.4. The summed E-state index contributed by atoms with van der Waals surface area (Å²) in [5, 5.41) is 9.28. The van der Waals surface area contributed by atoms with Gasteiger partial charge in [-0.2, -0.15) is 0 Å². The van der Waals surface area contributed by atoms with E-state index in [1.165, 1.54) is 16.7 Å². The van der Waals surface area contributed by atoms with Gasteiger partial charge in [0.25, 0.3) is 0 Å². The highest BCUT2D eigenvalue weighted by Crippen LogP contribution is 2.40. The van der Waals surface area contributed by atoms with E-state index in [-0.39, 0.29) is 13.0 Å². The molecule has 0 spiro atoms. The Kier molecular flexibility index (Phi) is 9.63. The molecule has 7 aromatic rings. The van der Waals surface area contributed by atoms with Crippen LogP contribution in [0.3, 0.4) is 0 Å². The normalized spacial score (nSPS) is 11.9. The van der Waals surface area contributed by atoms with Gasteiger partial charge in [0.2, 0.25) is 0 Å². The fourth-order valence-corrected chi connectivity index (χ4v) is 7.77. The minimum absolute atomic E-state index is 0.0317. The van der Waals surface area contributed by atoms with Gasteiger partial charge in [-0.3, -0.25) is 4.79 Å². The first-order valence-corrected chi connectivity index (χ1v) is 19.6. The lowest BCUT2D eigenvalue weighted by Gasteiger charge is -2.12. The predicted octanol–water partition coefficient (Wildman–Crippen LogP) is 12.5. The third-order valence-electron chi connectivity index (χ3n) is 10.7. The average molecular weight is 759 g/mol. The number of aliphatic carboxylic acids is 1. The molecule has 7 heteroatoms. The van der Waals surface area contributed by atoms with Crippen molar-refractivity contribution in [2.75, 3.05) is 6.61 Å². The fourth-order valence-electron chi connectivity index (χ4n) is 7.77. The standard InChI is InChI=1S/C51H42N4O3/c1-31-10-16-34(17-11-31)48-38-22-24-40(52-38)49(35-18-12-32(2)13-19-35)42-26-28-44(54-42)51(37-7-4-5-8-46(37)58-30-6-9-47(56)57)45-29-27-43(55-45)50(41-25-23-39(48)53-41)36-20-14-33(3)15-21-36/h4-5,7-8,10-29,52,55H,6,9,30H2,1-3H3,(H,56,57). The molecule has 5 heterocycles. The van der Waals surface area contributed by atoms with Gasteiger partial charge < -0.3 is 19.8 Å². The molecular weight excluding hydrogens is 717 g/mol. The molecule has 0 saturated carbocycles. The summed E-state index contributed by atoms with van der Waals surface area (Å²) in [6.45, 7) is 6.56. The van der Waals surface area contributed by atoms with Crippen LogP contribution in [0.2, 0.25) is 0 Å². The molecule has 2 aliphatic heterocycles. The molecule has 284 valence electrons. The van der Waals surface area contributed by atoms with E-state index in [0.29, 0.717) is 12.2 Å². The maximum Gasteiger partial charge on any atom is 0.303 e. The van der Waals surface area contributed by atoms with E-state index in [9.17, 15) is 9.90 Å². The highest BCUT2D eigenvalue weighted by molar-refractivity contribution is 6.00. The number of benzene rings is 4. The van der Waals surface area contributed by atoms with Crippen LogP contribution in [0.25, 0.3) is 90.9 Å². The number of aromatic nitrogens is 4. The van der Waals surface area contributed by atoms with Gasteiger partial charge in [0, 0.05) is 56.3 Å². The molecule has 0 radical (unpaired) electrons. The van der Waals surface area contributed by atoms with Crippen LogP contribution in [0.1, 0.15) is 52.3 Å². The Hall–Kier alpha value is -7.25. The summed E-state index contributed by atoms with van der Waals surface area (Å²) >= 11 is 0. The lowest BCUT2D eigenvalue weighted by atomic mass is 10.0. The van der Waals surface area contributed by atoms with E-state index in [4.69, 9.17) is 14.7 Å². The number of carboxylic acids is 1. The zero-order valence-corrected chi connectivity index (χ0v) is 32.6. The van der Waals surface area contributed by atoms with Crippen molar-refractivity contribution in [3.8, 4) is 50.3 Å². The van der Waals surface area contributed by atoms with Crippen molar-refractivity contribution in [1.29, 1.82) is 0 Å². The van der Waals surface area contributed by atoms with Crippen LogP contribution < -0.4 is 4.74 Å². The molecular formula is C51H42N4O3. The predicted molar refractivity (Wildman–Crippen MR) is 237 cm³/mol. The number of hydrogen-bond donors (Lipinski definition) is 3. The molecule has 0 fully saturated rings. The number of ether oxygens (including phenoxy) is 1. The summed E-state index contributed by atoms with van der Waals surface area (Å²) in [7, 11) is 0. The number of nitrogens with one attached hydrogen (secondary N) is 2. The number of rotatable bonds is 9. The molecule has 0 atom stereocenters. The summed E-state index contributed by atoms with van der Waals surface area (Å²) in [6.07, 6.45) is 8.81. The highest BCUT2D eigenvalue weighted by Gasteiger charge is 2.20. The second-order valence-electron chi connectivity index (χ2n) is 14.9. The van der Waals surface area contributed by atoms with Gasteiger partial charge in [-0.25, -0.2) is 9.97 Å². The third kappa shape index (κ3) is 7.14. The number of aryl methyl sites for hydroxylation is 3. The van der Waals surface area contributed by atoms with Crippen molar-refractivity contribution < 1.29 is 14.6 Å². The summed E-state index contributed by atoms with van der Waals surface area (Å²) in [6, 6.07) is 42.1. The maximum atomic E-state index is 11.3. The van der Waals surface area contributed by atoms with Crippen molar-refractivity contribution >= 4 is 52.3 Å².